The second kappa shape index (κ2) is 3.34. The van der Waals surface area contributed by atoms with Crippen molar-refractivity contribution in [2.75, 3.05) is 0 Å². The maximum Gasteiger partial charge on any atom is 0.492 e. The Balaban J connectivity index is 3.60. The zero-order valence-corrected chi connectivity index (χ0v) is 6.81. The van der Waals surface area contributed by atoms with Crippen molar-refractivity contribution in [1.29, 1.82) is 0 Å². The highest BCUT2D eigenvalue weighted by Crippen LogP contribution is 2.08. The number of hydrogen-bond acceptors (Lipinski definition) is 2. The summed E-state index contributed by atoms with van der Waals surface area (Å²) in [5.41, 5.74) is -0.587. The van der Waals surface area contributed by atoms with E-state index in [0.29, 0.717) is 0 Å². The van der Waals surface area contributed by atoms with Gasteiger partial charge in [-0.1, -0.05) is 22.0 Å². The SMILES string of the molecule is [2H]c1c([2H])c(F)c(B(O)O)c(Br)c1[2H]. The molecule has 58 valence electrons. The molecule has 0 saturated carbocycles. The third kappa shape index (κ3) is 1.80. The van der Waals surface area contributed by atoms with Crippen molar-refractivity contribution >= 4 is 28.5 Å². The van der Waals surface area contributed by atoms with E-state index >= 15 is 0 Å². The fourth-order valence-corrected chi connectivity index (χ4v) is 1.08. The van der Waals surface area contributed by atoms with E-state index in [2.05, 4.69) is 15.9 Å². The number of rotatable bonds is 1. The molecule has 0 saturated heterocycles. The zero-order valence-electron chi connectivity index (χ0n) is 8.23. The van der Waals surface area contributed by atoms with Crippen LogP contribution in [0.5, 0.6) is 0 Å². The van der Waals surface area contributed by atoms with Gasteiger partial charge in [-0.05, 0) is 12.1 Å². The van der Waals surface area contributed by atoms with Gasteiger partial charge in [-0.2, -0.15) is 0 Å². The fraction of sp³-hybridized carbons (Fsp3) is 0. The first-order valence-electron chi connectivity index (χ1n) is 4.18. The Kier molecular flexibility index (Phi) is 1.61. The van der Waals surface area contributed by atoms with Crippen molar-refractivity contribution in [3.63, 3.8) is 0 Å². The molecule has 0 heterocycles. The molecule has 1 aromatic rings. The zero-order chi connectivity index (χ0) is 11.0. The number of halogens is 2. The first kappa shape index (κ1) is 5.29. The van der Waals surface area contributed by atoms with Gasteiger partial charge in [-0.15, -0.1) is 0 Å². The first-order chi connectivity index (χ1) is 6.37. The van der Waals surface area contributed by atoms with E-state index in [-0.39, 0.29) is 4.47 Å². The molecule has 0 radical (unpaired) electrons. The molecule has 0 amide bonds. The molecule has 11 heavy (non-hydrogen) atoms. The summed E-state index contributed by atoms with van der Waals surface area (Å²) in [5, 5.41) is 17.6. The molecule has 1 rings (SSSR count). The van der Waals surface area contributed by atoms with E-state index in [1.54, 1.807) is 0 Å². The van der Waals surface area contributed by atoms with Crippen LogP contribution >= 0.6 is 15.9 Å². The molecule has 2 nitrogen and oxygen atoms in total. The minimum absolute atomic E-state index is 0.217. The quantitative estimate of drug-likeness (QED) is 0.669. The van der Waals surface area contributed by atoms with Crippen LogP contribution in [0.2, 0.25) is 0 Å². The normalized spacial score (nSPS) is 13.6. The highest BCUT2D eigenvalue weighted by atomic mass is 79.9. The third-order valence-electron chi connectivity index (χ3n) is 1.08. The Morgan fingerprint density at radius 1 is 1.55 bits per heavy atom. The lowest BCUT2D eigenvalue weighted by Crippen LogP contribution is -2.33. The molecular formula is C6H5BBrFO2. The predicted octanol–water partition coefficient (Wildman–Crippen LogP) is 0.268. The molecule has 5 heteroatoms. The summed E-state index contributed by atoms with van der Waals surface area (Å²) in [6.45, 7) is 0. The van der Waals surface area contributed by atoms with Crippen LogP contribution in [0.25, 0.3) is 0 Å². The molecule has 1 aromatic carbocycles. The average Bonchev–Trinajstić information content (AvgIpc) is 2.11. The average molecular weight is 222 g/mol. The van der Waals surface area contributed by atoms with E-state index in [1.165, 1.54) is 0 Å². The van der Waals surface area contributed by atoms with Gasteiger partial charge in [0.15, 0.2) is 0 Å². The smallest absolute Gasteiger partial charge is 0.423 e. The summed E-state index contributed by atoms with van der Waals surface area (Å²) in [7, 11) is -2.11. The molecule has 0 spiro atoms. The van der Waals surface area contributed by atoms with E-state index in [9.17, 15) is 4.39 Å². The Bertz CT molecular complexity index is 359. The van der Waals surface area contributed by atoms with Gasteiger partial charge in [0.25, 0.3) is 0 Å². The number of hydrogen-bond donors (Lipinski definition) is 2. The molecule has 0 unspecified atom stereocenters. The maximum absolute atomic E-state index is 13.2. The molecule has 0 aliphatic carbocycles. The summed E-state index contributed by atoms with van der Waals surface area (Å²) in [6.07, 6.45) is 0. The van der Waals surface area contributed by atoms with Gasteiger partial charge >= 0.3 is 7.12 Å². The van der Waals surface area contributed by atoms with Crippen molar-refractivity contribution < 1.29 is 18.6 Å². The lowest BCUT2D eigenvalue weighted by molar-refractivity contribution is 0.422. The van der Waals surface area contributed by atoms with Crippen LogP contribution < -0.4 is 5.46 Å². The van der Waals surface area contributed by atoms with Crippen LogP contribution in [0.3, 0.4) is 0 Å². The second-order valence-electron chi connectivity index (χ2n) is 1.79. The van der Waals surface area contributed by atoms with Crippen molar-refractivity contribution in [2.24, 2.45) is 0 Å². The van der Waals surface area contributed by atoms with Crippen LogP contribution in [-0.2, 0) is 0 Å². The van der Waals surface area contributed by atoms with Crippen molar-refractivity contribution in [3.05, 3.63) is 28.4 Å². The van der Waals surface area contributed by atoms with Crippen LogP contribution in [-0.4, -0.2) is 17.2 Å². The minimum Gasteiger partial charge on any atom is -0.423 e. The molecule has 0 aliphatic heterocycles. The molecule has 2 N–H and O–H groups in total. The Labute approximate surface area is 76.2 Å². The standard InChI is InChI=1S/C6H5BBrFO2/c8-4-2-1-3-5(9)6(4)7(10)11/h1-3,10-11H/i1D,2D,3D. The summed E-state index contributed by atoms with van der Waals surface area (Å²) in [4.78, 5) is 0. The van der Waals surface area contributed by atoms with Crippen molar-refractivity contribution in [2.45, 2.75) is 0 Å². The highest BCUT2D eigenvalue weighted by molar-refractivity contribution is 9.10. The van der Waals surface area contributed by atoms with Gasteiger partial charge in [0.05, 0.1) is 4.11 Å². The fourth-order valence-electron chi connectivity index (χ4n) is 0.599. The Morgan fingerprint density at radius 2 is 2.18 bits per heavy atom. The van der Waals surface area contributed by atoms with Gasteiger partial charge in [0.1, 0.15) is 5.82 Å². The lowest BCUT2D eigenvalue weighted by atomic mass is 9.80. The molecule has 0 aromatic heterocycles. The Hall–Kier alpha value is -0.385. The van der Waals surface area contributed by atoms with E-state index in [4.69, 9.17) is 14.2 Å². The minimum atomic E-state index is -2.11. The molecule has 0 bridgehead atoms. The van der Waals surface area contributed by atoms with Crippen LogP contribution in [0, 0.1) is 5.82 Å². The van der Waals surface area contributed by atoms with E-state index in [1.807, 2.05) is 0 Å². The van der Waals surface area contributed by atoms with Gasteiger partial charge in [0.2, 0.25) is 0 Å². The topological polar surface area (TPSA) is 40.5 Å². The molecule has 0 atom stereocenters. The summed E-state index contributed by atoms with van der Waals surface area (Å²) in [5.74, 6) is -1.20. The van der Waals surface area contributed by atoms with Crippen molar-refractivity contribution in [1.82, 2.24) is 0 Å². The summed E-state index contributed by atoms with van der Waals surface area (Å²) < 4.78 is 34.5. The van der Waals surface area contributed by atoms with Crippen LogP contribution in [0.1, 0.15) is 4.11 Å². The van der Waals surface area contributed by atoms with Crippen molar-refractivity contribution in [3.8, 4) is 0 Å². The first-order valence-corrected chi connectivity index (χ1v) is 3.48. The van der Waals surface area contributed by atoms with Gasteiger partial charge < -0.3 is 10.0 Å². The summed E-state index contributed by atoms with van der Waals surface area (Å²) >= 11 is 2.77. The second-order valence-corrected chi connectivity index (χ2v) is 2.58. The van der Waals surface area contributed by atoms with Gasteiger partial charge in [-0.3, -0.25) is 0 Å². The largest absolute Gasteiger partial charge is 0.492 e. The van der Waals surface area contributed by atoms with Gasteiger partial charge in [0, 0.05) is 9.94 Å². The predicted molar refractivity (Wildman–Crippen MR) is 43.9 cm³/mol. The highest BCUT2D eigenvalue weighted by Gasteiger charge is 2.18. The van der Waals surface area contributed by atoms with E-state index < -0.39 is 36.5 Å². The number of benzene rings is 1. The third-order valence-corrected chi connectivity index (χ3v) is 1.70. The van der Waals surface area contributed by atoms with Crippen LogP contribution in [0.15, 0.2) is 22.6 Å². The maximum atomic E-state index is 13.2. The molecule has 0 fully saturated rings. The van der Waals surface area contributed by atoms with Crippen LogP contribution in [0.4, 0.5) is 4.39 Å². The lowest BCUT2D eigenvalue weighted by Gasteiger charge is -2.02. The van der Waals surface area contributed by atoms with Gasteiger partial charge in [-0.25, -0.2) is 4.39 Å². The Morgan fingerprint density at radius 3 is 2.73 bits per heavy atom. The summed E-state index contributed by atoms with van der Waals surface area (Å²) in [6, 6.07) is -1.86. The monoisotopic (exact) mass is 221 g/mol. The molecular weight excluding hydrogens is 214 g/mol. The van der Waals surface area contributed by atoms with E-state index in [0.717, 1.165) is 0 Å². The molecule has 0 aliphatic rings.